The Morgan fingerprint density at radius 3 is 2.87 bits per heavy atom. The molecule has 0 aliphatic heterocycles. The molecule has 2 rings (SSSR count). The maximum Gasteiger partial charge on any atom is 0.264 e. The van der Waals surface area contributed by atoms with E-state index < -0.39 is 10.1 Å². The van der Waals surface area contributed by atoms with Crippen LogP contribution in [-0.4, -0.2) is 19.8 Å². The molecule has 0 aromatic carbocycles. The minimum atomic E-state index is -3.41. The van der Waals surface area contributed by atoms with E-state index in [0.29, 0.717) is 11.6 Å². The average Bonchev–Trinajstić information content (AvgIpc) is 2.45. The molecule has 0 atom stereocenters. The summed E-state index contributed by atoms with van der Waals surface area (Å²) in [6.07, 6.45) is 4.49. The van der Waals surface area contributed by atoms with E-state index >= 15 is 0 Å². The van der Waals surface area contributed by atoms with Crippen LogP contribution in [0.25, 0.3) is 0 Å². The normalized spacial score (nSPS) is 17.7. The van der Waals surface area contributed by atoms with Gasteiger partial charge >= 0.3 is 0 Å². The van der Waals surface area contributed by atoms with Crippen molar-refractivity contribution in [2.75, 3.05) is 6.26 Å². The van der Waals surface area contributed by atoms with Crippen LogP contribution in [0.2, 0.25) is 0 Å². The predicted molar refractivity (Wildman–Crippen MR) is 52.7 cm³/mol. The molecule has 1 aliphatic carbocycles. The van der Waals surface area contributed by atoms with E-state index in [2.05, 4.69) is 9.34 Å². The molecular weight excluding hydrogens is 218 g/mol. The highest BCUT2D eigenvalue weighted by Crippen LogP contribution is 2.36. The average molecular weight is 231 g/mol. The van der Waals surface area contributed by atoms with Crippen molar-refractivity contribution in [1.29, 1.82) is 0 Å². The SMILES string of the molecule is CS(=O)(=O)OCc1cc(C2CCC2)on1. The van der Waals surface area contributed by atoms with Crippen LogP contribution in [-0.2, 0) is 20.9 Å². The van der Waals surface area contributed by atoms with Crippen LogP contribution in [0.5, 0.6) is 0 Å². The molecule has 1 aliphatic rings. The zero-order chi connectivity index (χ0) is 10.9. The Hall–Kier alpha value is -0.880. The second-order valence-corrected chi connectivity index (χ2v) is 5.46. The summed E-state index contributed by atoms with van der Waals surface area (Å²) in [6, 6.07) is 1.77. The number of hydrogen-bond donors (Lipinski definition) is 0. The van der Waals surface area contributed by atoms with Gasteiger partial charge < -0.3 is 4.52 Å². The Morgan fingerprint density at radius 2 is 2.33 bits per heavy atom. The third kappa shape index (κ3) is 2.79. The van der Waals surface area contributed by atoms with Crippen molar-refractivity contribution in [1.82, 2.24) is 5.16 Å². The Kier molecular flexibility index (Phi) is 2.79. The lowest BCUT2D eigenvalue weighted by Crippen LogP contribution is -2.07. The third-order valence-electron chi connectivity index (χ3n) is 2.51. The lowest BCUT2D eigenvalue weighted by molar-refractivity contribution is 0.278. The molecule has 0 N–H and O–H groups in total. The summed E-state index contributed by atoms with van der Waals surface area (Å²) in [6.45, 7) is -0.0466. The zero-order valence-corrected chi connectivity index (χ0v) is 9.29. The van der Waals surface area contributed by atoms with Gasteiger partial charge in [-0.3, -0.25) is 4.18 Å². The largest absolute Gasteiger partial charge is 0.361 e. The van der Waals surface area contributed by atoms with Gasteiger partial charge in [-0.25, -0.2) is 0 Å². The fourth-order valence-corrected chi connectivity index (χ4v) is 1.78. The lowest BCUT2D eigenvalue weighted by Gasteiger charge is -2.21. The van der Waals surface area contributed by atoms with Gasteiger partial charge in [0, 0.05) is 12.0 Å². The first-order valence-corrected chi connectivity index (χ1v) is 6.66. The van der Waals surface area contributed by atoms with Crippen molar-refractivity contribution >= 4 is 10.1 Å². The van der Waals surface area contributed by atoms with Crippen molar-refractivity contribution in [2.45, 2.75) is 31.8 Å². The predicted octanol–water partition coefficient (Wildman–Crippen LogP) is 1.42. The summed E-state index contributed by atoms with van der Waals surface area (Å²) in [5, 5.41) is 3.76. The minimum absolute atomic E-state index is 0.0466. The first kappa shape index (κ1) is 10.6. The molecule has 0 unspecified atom stereocenters. The monoisotopic (exact) mass is 231 g/mol. The highest BCUT2D eigenvalue weighted by molar-refractivity contribution is 7.85. The van der Waals surface area contributed by atoms with Crippen molar-refractivity contribution in [3.05, 3.63) is 17.5 Å². The minimum Gasteiger partial charge on any atom is -0.361 e. The summed E-state index contributed by atoms with van der Waals surface area (Å²) in [4.78, 5) is 0. The first-order chi connectivity index (χ1) is 7.04. The van der Waals surface area contributed by atoms with E-state index in [1.807, 2.05) is 0 Å². The van der Waals surface area contributed by atoms with E-state index in [-0.39, 0.29) is 6.61 Å². The smallest absolute Gasteiger partial charge is 0.264 e. The van der Waals surface area contributed by atoms with E-state index in [4.69, 9.17) is 4.52 Å². The summed E-state index contributed by atoms with van der Waals surface area (Å²) in [7, 11) is -3.41. The van der Waals surface area contributed by atoms with Gasteiger partial charge in [-0.15, -0.1) is 0 Å². The van der Waals surface area contributed by atoms with Crippen LogP contribution in [0.4, 0.5) is 0 Å². The number of hydrogen-bond acceptors (Lipinski definition) is 5. The molecule has 1 heterocycles. The molecule has 84 valence electrons. The van der Waals surface area contributed by atoms with Gasteiger partial charge in [0.05, 0.1) is 6.26 Å². The maximum atomic E-state index is 10.7. The summed E-state index contributed by atoms with van der Waals surface area (Å²) >= 11 is 0. The molecule has 0 bridgehead atoms. The molecule has 1 aromatic heterocycles. The maximum absolute atomic E-state index is 10.7. The first-order valence-electron chi connectivity index (χ1n) is 4.84. The molecule has 1 saturated carbocycles. The van der Waals surface area contributed by atoms with Gasteiger partial charge in [-0.05, 0) is 12.8 Å². The number of rotatable bonds is 4. The Bertz CT molecular complexity index is 433. The highest BCUT2D eigenvalue weighted by atomic mass is 32.2. The molecule has 5 nitrogen and oxygen atoms in total. The van der Waals surface area contributed by atoms with Crippen molar-refractivity contribution in [2.24, 2.45) is 0 Å². The summed E-state index contributed by atoms with van der Waals surface area (Å²) < 4.78 is 31.2. The summed E-state index contributed by atoms with van der Waals surface area (Å²) in [5.74, 6) is 1.30. The fraction of sp³-hybridized carbons (Fsp3) is 0.667. The van der Waals surface area contributed by atoms with Gasteiger partial charge in [0.1, 0.15) is 18.1 Å². The second-order valence-electron chi connectivity index (χ2n) is 3.81. The van der Waals surface area contributed by atoms with Gasteiger partial charge in [-0.1, -0.05) is 11.6 Å². The Labute approximate surface area is 88.5 Å². The van der Waals surface area contributed by atoms with Crippen LogP contribution >= 0.6 is 0 Å². The van der Waals surface area contributed by atoms with E-state index in [1.54, 1.807) is 6.07 Å². The van der Waals surface area contributed by atoms with Gasteiger partial charge in [0.25, 0.3) is 10.1 Å². The van der Waals surface area contributed by atoms with Gasteiger partial charge in [0.2, 0.25) is 0 Å². The highest BCUT2D eigenvalue weighted by Gasteiger charge is 2.23. The molecule has 0 radical (unpaired) electrons. The number of aromatic nitrogens is 1. The van der Waals surface area contributed by atoms with Crippen LogP contribution < -0.4 is 0 Å². The van der Waals surface area contributed by atoms with Crippen LogP contribution in [0.3, 0.4) is 0 Å². The Morgan fingerprint density at radius 1 is 1.60 bits per heavy atom. The standard InChI is InChI=1S/C9H13NO4S/c1-15(11,12)13-6-8-5-9(14-10-8)7-3-2-4-7/h5,7H,2-4,6H2,1H3. The molecular formula is C9H13NO4S. The third-order valence-corrected chi connectivity index (χ3v) is 3.05. The van der Waals surface area contributed by atoms with Crippen LogP contribution in [0.15, 0.2) is 10.6 Å². The van der Waals surface area contributed by atoms with Crippen molar-refractivity contribution < 1.29 is 17.1 Å². The molecule has 6 heteroatoms. The molecule has 15 heavy (non-hydrogen) atoms. The molecule has 0 saturated heterocycles. The quantitative estimate of drug-likeness (QED) is 0.733. The van der Waals surface area contributed by atoms with E-state index in [9.17, 15) is 8.42 Å². The van der Waals surface area contributed by atoms with E-state index in [0.717, 1.165) is 24.9 Å². The molecule has 0 amide bonds. The fourth-order valence-electron chi connectivity index (χ4n) is 1.45. The molecule has 1 fully saturated rings. The van der Waals surface area contributed by atoms with Gasteiger partial charge in [0.15, 0.2) is 0 Å². The molecule has 0 spiro atoms. The lowest BCUT2D eigenvalue weighted by atomic mass is 9.83. The topological polar surface area (TPSA) is 69.4 Å². The summed E-state index contributed by atoms with van der Waals surface area (Å²) in [5.41, 5.74) is 0.530. The van der Waals surface area contributed by atoms with Crippen LogP contribution in [0, 0.1) is 0 Å². The number of nitrogens with zero attached hydrogens (tertiary/aromatic N) is 1. The van der Waals surface area contributed by atoms with Gasteiger partial charge in [-0.2, -0.15) is 8.42 Å². The van der Waals surface area contributed by atoms with E-state index in [1.165, 1.54) is 6.42 Å². The van der Waals surface area contributed by atoms with Crippen LogP contribution in [0.1, 0.15) is 36.6 Å². The van der Waals surface area contributed by atoms with Crippen molar-refractivity contribution in [3.8, 4) is 0 Å². The Balaban J connectivity index is 1.95. The molecule has 1 aromatic rings. The van der Waals surface area contributed by atoms with Crippen molar-refractivity contribution in [3.63, 3.8) is 0 Å². The zero-order valence-electron chi connectivity index (χ0n) is 8.47. The second kappa shape index (κ2) is 3.94.